The van der Waals surface area contributed by atoms with Crippen LogP contribution in [0.5, 0.6) is 5.75 Å². The molecule has 3 N–H and O–H groups in total. The molecule has 4 aromatic rings. The number of hydrogen-bond acceptors (Lipinski definition) is 6. The topological polar surface area (TPSA) is 115 Å². The molecule has 9 heteroatoms. The summed E-state index contributed by atoms with van der Waals surface area (Å²) >= 11 is 6.71. The van der Waals surface area contributed by atoms with Crippen LogP contribution in [0, 0.1) is 17.1 Å². The van der Waals surface area contributed by atoms with E-state index in [0.29, 0.717) is 51.4 Å². The molecule has 208 valence electrons. The molecule has 1 aliphatic carbocycles. The van der Waals surface area contributed by atoms with Gasteiger partial charge >= 0.3 is 5.97 Å². The first-order valence-corrected chi connectivity index (χ1v) is 13.5. The highest BCUT2D eigenvalue weighted by Crippen LogP contribution is 2.43. The average Bonchev–Trinajstić information content (AvgIpc) is 3.37. The maximum absolute atomic E-state index is 14.6. The normalized spacial score (nSPS) is 15.5. The quantitative estimate of drug-likeness (QED) is 0.223. The molecule has 41 heavy (non-hydrogen) atoms. The Kier molecular flexibility index (Phi) is 8.31. The van der Waals surface area contributed by atoms with Gasteiger partial charge in [0.2, 0.25) is 0 Å². The SMILES string of the molecule is CC(O)C(NCc1cc(Cl)c(O[C@H]2CCc3c(-c4ccccc4F)cccc32)cc1-c1cncc(C#N)c1)C(=O)O. The second-order valence-electron chi connectivity index (χ2n) is 9.95. The standard InChI is InChI=1S/C32H27ClFN3O4/c1-18(38)31(32(39)40)37-17-21-12-27(33)30(13-26(21)20-11-19(14-35)15-36-16-20)41-29-10-9-23-22(6-4-7-25(23)29)24-5-2-3-8-28(24)34/h2-8,11-13,15-16,18,29,31,37-38H,9-10,17H2,1H3,(H,39,40)/t18?,29-,31?/m0/s1. The van der Waals surface area contributed by atoms with Crippen LogP contribution in [0.25, 0.3) is 22.3 Å². The molecule has 0 saturated carbocycles. The van der Waals surface area contributed by atoms with E-state index in [4.69, 9.17) is 16.3 Å². The van der Waals surface area contributed by atoms with Crippen molar-refractivity contribution in [1.29, 1.82) is 5.26 Å². The number of carboxylic acid groups (broad SMARTS) is 1. The minimum atomic E-state index is -1.19. The molecule has 0 fully saturated rings. The van der Waals surface area contributed by atoms with E-state index < -0.39 is 18.1 Å². The molecule has 0 amide bonds. The molecule has 0 spiro atoms. The Morgan fingerprint density at radius 1 is 1.17 bits per heavy atom. The van der Waals surface area contributed by atoms with Gasteiger partial charge in [-0.25, -0.2) is 4.39 Å². The van der Waals surface area contributed by atoms with E-state index in [1.54, 1.807) is 36.5 Å². The molecule has 0 bridgehead atoms. The summed E-state index contributed by atoms with van der Waals surface area (Å²) in [5.74, 6) is -1.06. The number of nitrogens with zero attached hydrogens (tertiary/aromatic N) is 2. The fraction of sp³-hybridized carbons (Fsp3) is 0.219. The number of halogens is 2. The van der Waals surface area contributed by atoms with E-state index in [0.717, 1.165) is 16.7 Å². The maximum atomic E-state index is 14.6. The van der Waals surface area contributed by atoms with Gasteiger partial charge in [0.15, 0.2) is 0 Å². The predicted molar refractivity (Wildman–Crippen MR) is 153 cm³/mol. The maximum Gasteiger partial charge on any atom is 0.323 e. The number of carboxylic acids is 1. The molecule has 3 aromatic carbocycles. The number of aromatic nitrogens is 1. The number of carbonyl (C=O) groups is 1. The Morgan fingerprint density at radius 3 is 2.68 bits per heavy atom. The third kappa shape index (κ3) is 5.93. The number of fused-ring (bicyclic) bond motifs is 1. The minimum absolute atomic E-state index is 0.0756. The summed E-state index contributed by atoms with van der Waals surface area (Å²) in [5, 5.41) is 32.0. The number of nitrogens with one attached hydrogen (secondary N) is 1. The molecule has 1 heterocycles. The van der Waals surface area contributed by atoms with E-state index in [1.807, 2.05) is 24.3 Å². The van der Waals surface area contributed by atoms with Crippen molar-refractivity contribution in [2.75, 3.05) is 0 Å². The van der Waals surface area contributed by atoms with Gasteiger partial charge in [-0.2, -0.15) is 5.26 Å². The molecule has 5 rings (SSSR count). The number of aliphatic carboxylic acids is 1. The first-order valence-electron chi connectivity index (χ1n) is 13.1. The molecule has 0 radical (unpaired) electrons. The van der Waals surface area contributed by atoms with Crippen LogP contribution < -0.4 is 10.1 Å². The largest absolute Gasteiger partial charge is 0.484 e. The van der Waals surface area contributed by atoms with Gasteiger partial charge in [-0.1, -0.05) is 48.0 Å². The summed E-state index contributed by atoms with van der Waals surface area (Å²) in [6.07, 6.45) is 2.99. The van der Waals surface area contributed by atoms with E-state index in [1.165, 1.54) is 19.2 Å². The fourth-order valence-electron chi connectivity index (χ4n) is 5.26. The van der Waals surface area contributed by atoms with Crippen molar-refractivity contribution in [3.05, 3.63) is 106 Å². The molecule has 7 nitrogen and oxygen atoms in total. The Labute approximate surface area is 241 Å². The Morgan fingerprint density at radius 2 is 1.95 bits per heavy atom. The van der Waals surface area contributed by atoms with E-state index in [-0.39, 0.29) is 18.5 Å². The lowest BCUT2D eigenvalue weighted by molar-refractivity contribution is -0.142. The summed E-state index contributed by atoms with van der Waals surface area (Å²) < 4.78 is 21.1. The van der Waals surface area contributed by atoms with E-state index >= 15 is 0 Å². The second-order valence-corrected chi connectivity index (χ2v) is 10.4. The van der Waals surface area contributed by atoms with E-state index in [2.05, 4.69) is 16.4 Å². The van der Waals surface area contributed by atoms with Crippen molar-refractivity contribution < 1.29 is 24.1 Å². The molecular formula is C32H27ClFN3O4. The van der Waals surface area contributed by atoms with Crippen LogP contribution >= 0.6 is 11.6 Å². The van der Waals surface area contributed by atoms with Crippen LogP contribution in [-0.2, 0) is 17.8 Å². The van der Waals surface area contributed by atoms with Gasteiger partial charge in [0.05, 0.1) is 16.7 Å². The third-order valence-electron chi connectivity index (χ3n) is 7.25. The van der Waals surface area contributed by atoms with Gasteiger partial charge in [-0.05, 0) is 71.8 Å². The number of aliphatic hydroxyl groups is 1. The minimum Gasteiger partial charge on any atom is -0.484 e. The van der Waals surface area contributed by atoms with Crippen molar-refractivity contribution in [1.82, 2.24) is 10.3 Å². The number of benzene rings is 3. The van der Waals surface area contributed by atoms with Crippen LogP contribution in [0.1, 0.15) is 41.7 Å². The summed E-state index contributed by atoms with van der Waals surface area (Å²) in [5.41, 5.74) is 5.65. The fourth-order valence-corrected chi connectivity index (χ4v) is 5.49. The highest BCUT2D eigenvalue weighted by molar-refractivity contribution is 6.32. The van der Waals surface area contributed by atoms with Crippen molar-refractivity contribution >= 4 is 17.6 Å². The Bertz CT molecular complexity index is 1650. The van der Waals surface area contributed by atoms with Gasteiger partial charge < -0.3 is 14.9 Å². The van der Waals surface area contributed by atoms with Crippen molar-refractivity contribution in [2.24, 2.45) is 0 Å². The van der Waals surface area contributed by atoms with E-state index in [9.17, 15) is 24.7 Å². The van der Waals surface area contributed by atoms with Crippen molar-refractivity contribution in [3.8, 4) is 34.1 Å². The number of nitriles is 1. The predicted octanol–water partition coefficient (Wildman–Crippen LogP) is 6.07. The highest BCUT2D eigenvalue weighted by atomic mass is 35.5. The Hall–Kier alpha value is -4.29. The lowest BCUT2D eigenvalue weighted by atomic mass is 9.96. The van der Waals surface area contributed by atoms with Gasteiger partial charge in [0, 0.05) is 30.1 Å². The lowest BCUT2D eigenvalue weighted by Crippen LogP contribution is -2.44. The molecule has 3 atom stereocenters. The molecule has 1 aliphatic rings. The summed E-state index contributed by atoms with van der Waals surface area (Å²) in [6.45, 7) is 1.47. The van der Waals surface area contributed by atoms with Crippen molar-refractivity contribution in [2.45, 2.75) is 44.6 Å². The molecule has 2 unspecified atom stereocenters. The van der Waals surface area contributed by atoms with Gasteiger partial charge in [-0.15, -0.1) is 0 Å². The molecule has 0 saturated heterocycles. The summed E-state index contributed by atoms with van der Waals surface area (Å²) in [6, 6.07) is 18.5. The first-order chi connectivity index (χ1) is 19.8. The Balaban J connectivity index is 1.51. The van der Waals surface area contributed by atoms with Crippen LogP contribution in [0.3, 0.4) is 0 Å². The number of ether oxygens (including phenoxy) is 1. The smallest absolute Gasteiger partial charge is 0.323 e. The lowest BCUT2D eigenvalue weighted by Gasteiger charge is -2.21. The molecular weight excluding hydrogens is 545 g/mol. The number of aliphatic hydroxyl groups excluding tert-OH is 1. The zero-order chi connectivity index (χ0) is 29.1. The van der Waals surface area contributed by atoms with Gasteiger partial charge in [0.25, 0.3) is 0 Å². The number of pyridine rings is 1. The van der Waals surface area contributed by atoms with Gasteiger partial charge in [-0.3, -0.25) is 15.1 Å². The monoisotopic (exact) mass is 571 g/mol. The average molecular weight is 572 g/mol. The molecule has 1 aromatic heterocycles. The zero-order valence-electron chi connectivity index (χ0n) is 22.1. The zero-order valence-corrected chi connectivity index (χ0v) is 22.9. The van der Waals surface area contributed by atoms with Crippen LogP contribution in [0.15, 0.2) is 73.1 Å². The number of hydrogen-bond donors (Lipinski definition) is 3. The summed E-state index contributed by atoms with van der Waals surface area (Å²) in [7, 11) is 0. The molecule has 0 aliphatic heterocycles. The summed E-state index contributed by atoms with van der Waals surface area (Å²) in [4.78, 5) is 15.8. The van der Waals surface area contributed by atoms with Crippen LogP contribution in [0.2, 0.25) is 5.02 Å². The van der Waals surface area contributed by atoms with Crippen molar-refractivity contribution in [3.63, 3.8) is 0 Å². The highest BCUT2D eigenvalue weighted by Gasteiger charge is 2.29. The third-order valence-corrected chi connectivity index (χ3v) is 7.54. The first kappa shape index (κ1) is 28.2. The second kappa shape index (κ2) is 12.1. The van der Waals surface area contributed by atoms with Crippen LogP contribution in [0.4, 0.5) is 4.39 Å². The number of rotatable bonds is 9. The van der Waals surface area contributed by atoms with Gasteiger partial charge in [0.1, 0.15) is 29.8 Å². The van der Waals surface area contributed by atoms with Crippen LogP contribution in [-0.4, -0.2) is 33.3 Å².